The predicted molar refractivity (Wildman–Crippen MR) is 93.2 cm³/mol. The summed E-state index contributed by atoms with van der Waals surface area (Å²) in [7, 11) is 1.89. The third kappa shape index (κ3) is 3.30. The third-order valence-electron chi connectivity index (χ3n) is 3.54. The second-order valence-corrected chi connectivity index (χ2v) is 6.51. The first-order valence-corrected chi connectivity index (χ1v) is 8.76. The van der Waals surface area contributed by atoms with Crippen molar-refractivity contribution in [2.75, 3.05) is 0 Å². The SMILES string of the molecule is Cn1cnc2c(-c3ccc(OC(F)(F)F)cc3)cc(CBr)c(Br)c21. The van der Waals surface area contributed by atoms with E-state index < -0.39 is 6.36 Å². The number of imidazole rings is 1. The summed E-state index contributed by atoms with van der Waals surface area (Å²) in [6.45, 7) is 0. The van der Waals surface area contributed by atoms with Gasteiger partial charge in [-0.1, -0.05) is 28.1 Å². The van der Waals surface area contributed by atoms with Crippen LogP contribution in [0.1, 0.15) is 5.56 Å². The molecule has 0 bridgehead atoms. The van der Waals surface area contributed by atoms with E-state index in [4.69, 9.17) is 0 Å². The Morgan fingerprint density at radius 1 is 1.21 bits per heavy atom. The van der Waals surface area contributed by atoms with Crippen LogP contribution < -0.4 is 4.74 Å². The van der Waals surface area contributed by atoms with Crippen LogP contribution in [-0.2, 0) is 12.4 Å². The minimum absolute atomic E-state index is 0.249. The van der Waals surface area contributed by atoms with Crippen LogP contribution in [0.4, 0.5) is 13.2 Å². The van der Waals surface area contributed by atoms with E-state index in [1.807, 2.05) is 17.7 Å². The number of halogens is 5. The van der Waals surface area contributed by atoms with Gasteiger partial charge in [0.25, 0.3) is 0 Å². The zero-order valence-electron chi connectivity index (χ0n) is 12.4. The van der Waals surface area contributed by atoms with Crippen molar-refractivity contribution in [3.8, 4) is 16.9 Å². The highest BCUT2D eigenvalue weighted by Crippen LogP contribution is 2.37. The van der Waals surface area contributed by atoms with Crippen molar-refractivity contribution in [2.45, 2.75) is 11.7 Å². The lowest BCUT2D eigenvalue weighted by molar-refractivity contribution is -0.274. The number of ether oxygens (including phenoxy) is 1. The number of aryl methyl sites for hydroxylation is 1. The predicted octanol–water partition coefficient (Wildman–Crippen LogP) is 5.80. The molecular formula is C16H11Br2F3N2O. The summed E-state index contributed by atoms with van der Waals surface area (Å²) in [4.78, 5) is 4.42. The Labute approximate surface area is 152 Å². The molecule has 0 saturated heterocycles. The second kappa shape index (κ2) is 6.40. The van der Waals surface area contributed by atoms with Crippen molar-refractivity contribution in [3.63, 3.8) is 0 Å². The molecule has 3 aromatic rings. The molecule has 24 heavy (non-hydrogen) atoms. The fraction of sp³-hybridized carbons (Fsp3) is 0.188. The largest absolute Gasteiger partial charge is 0.573 e. The van der Waals surface area contributed by atoms with E-state index in [9.17, 15) is 13.2 Å². The minimum atomic E-state index is -4.70. The van der Waals surface area contributed by atoms with Crippen LogP contribution in [-0.4, -0.2) is 15.9 Å². The first-order chi connectivity index (χ1) is 11.3. The summed E-state index contributed by atoms with van der Waals surface area (Å²) in [5.41, 5.74) is 4.34. The van der Waals surface area contributed by atoms with Crippen LogP contribution in [0.2, 0.25) is 0 Å². The van der Waals surface area contributed by atoms with Gasteiger partial charge in [-0.15, -0.1) is 13.2 Å². The van der Waals surface area contributed by atoms with Crippen LogP contribution in [0.25, 0.3) is 22.2 Å². The molecule has 2 aromatic carbocycles. The van der Waals surface area contributed by atoms with E-state index in [0.29, 0.717) is 5.33 Å². The van der Waals surface area contributed by atoms with E-state index in [1.165, 1.54) is 12.1 Å². The third-order valence-corrected chi connectivity index (χ3v) is 5.03. The van der Waals surface area contributed by atoms with Gasteiger partial charge < -0.3 is 9.30 Å². The highest BCUT2D eigenvalue weighted by atomic mass is 79.9. The monoisotopic (exact) mass is 462 g/mol. The molecule has 126 valence electrons. The van der Waals surface area contributed by atoms with Crippen molar-refractivity contribution in [1.29, 1.82) is 0 Å². The Morgan fingerprint density at radius 3 is 2.46 bits per heavy atom. The van der Waals surface area contributed by atoms with Crippen molar-refractivity contribution in [3.05, 3.63) is 46.7 Å². The molecule has 1 heterocycles. The molecule has 0 aliphatic rings. The van der Waals surface area contributed by atoms with E-state index in [-0.39, 0.29) is 5.75 Å². The fourth-order valence-electron chi connectivity index (χ4n) is 2.50. The first kappa shape index (κ1) is 17.3. The number of hydrogen-bond acceptors (Lipinski definition) is 2. The minimum Gasteiger partial charge on any atom is -0.406 e. The van der Waals surface area contributed by atoms with Gasteiger partial charge in [0.1, 0.15) is 5.75 Å². The molecule has 0 spiro atoms. The van der Waals surface area contributed by atoms with E-state index in [2.05, 4.69) is 41.6 Å². The molecule has 0 fully saturated rings. The molecule has 0 amide bonds. The number of fused-ring (bicyclic) bond motifs is 1. The van der Waals surface area contributed by atoms with Gasteiger partial charge in [0.2, 0.25) is 0 Å². The van der Waals surface area contributed by atoms with Crippen molar-refractivity contribution in [2.24, 2.45) is 7.05 Å². The van der Waals surface area contributed by atoms with Gasteiger partial charge in [0, 0.05) is 22.4 Å². The second-order valence-electron chi connectivity index (χ2n) is 5.16. The van der Waals surface area contributed by atoms with Crippen molar-refractivity contribution < 1.29 is 17.9 Å². The molecule has 3 nitrogen and oxygen atoms in total. The summed E-state index contributed by atoms with van der Waals surface area (Å²) < 4.78 is 43.6. The average Bonchev–Trinajstić information content (AvgIpc) is 2.90. The molecule has 8 heteroatoms. The zero-order valence-corrected chi connectivity index (χ0v) is 15.5. The maximum atomic E-state index is 12.3. The number of hydrogen-bond donors (Lipinski definition) is 0. The van der Waals surface area contributed by atoms with E-state index in [1.54, 1.807) is 18.5 Å². The number of aromatic nitrogens is 2. The summed E-state index contributed by atoms with van der Waals surface area (Å²) in [5, 5.41) is 0.636. The molecule has 0 unspecified atom stereocenters. The van der Waals surface area contributed by atoms with Gasteiger partial charge in [0.05, 0.1) is 17.4 Å². The normalized spacial score (nSPS) is 11.9. The van der Waals surface area contributed by atoms with Gasteiger partial charge in [-0.05, 0) is 45.3 Å². The van der Waals surface area contributed by atoms with Crippen LogP contribution in [0.15, 0.2) is 41.1 Å². The summed E-state index contributed by atoms with van der Waals surface area (Å²) in [5.74, 6) is -0.249. The summed E-state index contributed by atoms with van der Waals surface area (Å²) >= 11 is 7.04. The van der Waals surface area contributed by atoms with Crippen LogP contribution in [0, 0.1) is 0 Å². The van der Waals surface area contributed by atoms with Crippen molar-refractivity contribution in [1.82, 2.24) is 9.55 Å². The molecule has 0 aliphatic carbocycles. The van der Waals surface area contributed by atoms with Gasteiger partial charge in [-0.2, -0.15) is 0 Å². The Morgan fingerprint density at radius 2 is 1.88 bits per heavy atom. The molecule has 1 aromatic heterocycles. The molecule has 0 radical (unpaired) electrons. The van der Waals surface area contributed by atoms with Gasteiger partial charge >= 0.3 is 6.36 Å². The van der Waals surface area contributed by atoms with Gasteiger partial charge in [0.15, 0.2) is 0 Å². The Balaban J connectivity index is 2.11. The average molecular weight is 464 g/mol. The Hall–Kier alpha value is -1.54. The molecule has 0 N–H and O–H groups in total. The standard InChI is InChI=1S/C16H11Br2F3N2O/c1-23-8-22-14-12(6-10(7-17)13(18)15(14)23)9-2-4-11(5-3-9)24-16(19,20)21/h2-6,8H,7H2,1H3. The fourth-order valence-corrected chi connectivity index (χ4v) is 4.04. The lowest BCUT2D eigenvalue weighted by Crippen LogP contribution is -2.16. The van der Waals surface area contributed by atoms with Crippen LogP contribution >= 0.6 is 31.9 Å². The summed E-state index contributed by atoms with van der Waals surface area (Å²) in [6.07, 6.45) is -2.99. The quantitative estimate of drug-likeness (QED) is 0.459. The van der Waals surface area contributed by atoms with E-state index >= 15 is 0 Å². The molecular weight excluding hydrogens is 453 g/mol. The number of nitrogens with zero attached hydrogens (tertiary/aromatic N) is 2. The van der Waals surface area contributed by atoms with Crippen molar-refractivity contribution >= 4 is 42.9 Å². The maximum Gasteiger partial charge on any atom is 0.573 e. The lowest BCUT2D eigenvalue weighted by Gasteiger charge is -2.12. The Bertz CT molecular complexity index is 889. The molecule has 0 atom stereocenters. The smallest absolute Gasteiger partial charge is 0.406 e. The Kier molecular flexibility index (Phi) is 4.61. The molecule has 0 aliphatic heterocycles. The molecule has 3 rings (SSSR count). The molecule has 0 saturated carbocycles. The lowest BCUT2D eigenvalue weighted by atomic mass is 10.0. The maximum absolute atomic E-state index is 12.3. The van der Waals surface area contributed by atoms with Crippen LogP contribution in [0.3, 0.4) is 0 Å². The van der Waals surface area contributed by atoms with Gasteiger partial charge in [-0.25, -0.2) is 4.98 Å². The van der Waals surface area contributed by atoms with Crippen LogP contribution in [0.5, 0.6) is 5.75 Å². The topological polar surface area (TPSA) is 27.1 Å². The number of rotatable bonds is 3. The highest BCUT2D eigenvalue weighted by Gasteiger charge is 2.31. The highest BCUT2D eigenvalue weighted by molar-refractivity contribution is 9.11. The summed E-state index contributed by atoms with van der Waals surface area (Å²) in [6, 6.07) is 7.75. The number of alkyl halides is 4. The zero-order chi connectivity index (χ0) is 17.5. The van der Waals surface area contributed by atoms with E-state index in [0.717, 1.165) is 32.2 Å². The number of benzene rings is 2. The van der Waals surface area contributed by atoms with Gasteiger partial charge in [-0.3, -0.25) is 0 Å². The first-order valence-electron chi connectivity index (χ1n) is 6.84.